The summed E-state index contributed by atoms with van der Waals surface area (Å²) in [5.74, 6) is -0.259. The van der Waals surface area contributed by atoms with E-state index in [4.69, 9.17) is 21.1 Å². The fourth-order valence-corrected chi connectivity index (χ4v) is 5.91. The van der Waals surface area contributed by atoms with Gasteiger partial charge in [-0.1, -0.05) is 38.3 Å². The SMILES string of the molecule is C[C@@H]1[C@H](C)CCC[C@H]1NC(=O)COC(=O)c1ccc(Cl)c(S(=O)(=O)N2CCOCC2)c1. The van der Waals surface area contributed by atoms with E-state index in [1.54, 1.807) is 0 Å². The number of nitrogens with one attached hydrogen (secondary N) is 1. The summed E-state index contributed by atoms with van der Waals surface area (Å²) < 4.78 is 37.4. The van der Waals surface area contributed by atoms with Crippen molar-refractivity contribution in [1.82, 2.24) is 9.62 Å². The zero-order valence-electron chi connectivity index (χ0n) is 17.8. The van der Waals surface area contributed by atoms with Crippen LogP contribution in [0.5, 0.6) is 0 Å². The summed E-state index contributed by atoms with van der Waals surface area (Å²) in [6.07, 6.45) is 3.11. The minimum Gasteiger partial charge on any atom is -0.452 e. The van der Waals surface area contributed by atoms with Crippen LogP contribution in [0, 0.1) is 11.8 Å². The van der Waals surface area contributed by atoms with Crippen molar-refractivity contribution in [2.45, 2.75) is 44.0 Å². The molecule has 1 aliphatic carbocycles. The summed E-state index contributed by atoms with van der Waals surface area (Å²) in [5, 5.41) is 2.96. The maximum absolute atomic E-state index is 12.9. The third-order valence-corrected chi connectivity index (χ3v) is 8.52. The number of rotatable bonds is 6. The Morgan fingerprint density at radius 1 is 1.23 bits per heavy atom. The van der Waals surface area contributed by atoms with Crippen molar-refractivity contribution in [3.8, 4) is 0 Å². The predicted molar refractivity (Wildman–Crippen MR) is 115 cm³/mol. The van der Waals surface area contributed by atoms with Crippen LogP contribution >= 0.6 is 11.6 Å². The lowest BCUT2D eigenvalue weighted by atomic mass is 9.78. The van der Waals surface area contributed by atoms with Crippen LogP contribution in [0.1, 0.15) is 43.5 Å². The molecule has 2 aliphatic rings. The fraction of sp³-hybridized carbons (Fsp3) is 0.619. The van der Waals surface area contributed by atoms with Gasteiger partial charge in [0.2, 0.25) is 10.0 Å². The van der Waals surface area contributed by atoms with Crippen LogP contribution in [0.2, 0.25) is 5.02 Å². The van der Waals surface area contributed by atoms with E-state index in [0.717, 1.165) is 19.3 Å². The molecule has 0 radical (unpaired) electrons. The Morgan fingerprint density at radius 2 is 1.94 bits per heavy atom. The number of morpholine rings is 1. The molecule has 1 amide bonds. The molecule has 10 heteroatoms. The molecule has 1 saturated carbocycles. The number of sulfonamides is 1. The van der Waals surface area contributed by atoms with Crippen LogP contribution < -0.4 is 5.32 Å². The zero-order chi connectivity index (χ0) is 22.6. The van der Waals surface area contributed by atoms with E-state index in [-0.39, 0.29) is 40.5 Å². The van der Waals surface area contributed by atoms with Gasteiger partial charge >= 0.3 is 5.97 Å². The standard InChI is InChI=1S/C21H29ClN2O6S/c1-14-4-3-5-18(15(14)2)23-20(25)13-30-21(26)16-6-7-17(22)19(12-16)31(27,28)24-8-10-29-11-9-24/h6-7,12,14-15,18H,3-5,8-11,13H2,1-2H3,(H,23,25)/t14-,15-,18-/m1/s1. The monoisotopic (exact) mass is 472 g/mol. The third kappa shape index (κ3) is 5.77. The summed E-state index contributed by atoms with van der Waals surface area (Å²) in [4.78, 5) is 24.5. The molecular formula is C21H29ClN2O6S. The number of halogens is 1. The van der Waals surface area contributed by atoms with Crippen molar-refractivity contribution in [3.05, 3.63) is 28.8 Å². The van der Waals surface area contributed by atoms with Crippen molar-refractivity contribution in [2.24, 2.45) is 11.8 Å². The maximum Gasteiger partial charge on any atom is 0.338 e. The van der Waals surface area contributed by atoms with Gasteiger partial charge in [-0.05, 0) is 36.5 Å². The number of ether oxygens (including phenoxy) is 2. The number of carbonyl (C=O) groups excluding carboxylic acids is 2. The molecule has 1 saturated heterocycles. The quantitative estimate of drug-likeness (QED) is 0.638. The summed E-state index contributed by atoms with van der Waals surface area (Å²) in [5.41, 5.74) is 0.0173. The first-order chi connectivity index (χ1) is 14.7. The predicted octanol–water partition coefficient (Wildman–Crippen LogP) is 2.46. The van der Waals surface area contributed by atoms with Gasteiger partial charge in [-0.3, -0.25) is 4.79 Å². The lowest BCUT2D eigenvalue weighted by Crippen LogP contribution is -2.45. The largest absolute Gasteiger partial charge is 0.452 e. The van der Waals surface area contributed by atoms with Gasteiger partial charge in [0.05, 0.1) is 23.8 Å². The molecule has 1 aromatic carbocycles. The minimum absolute atomic E-state index is 0.0150. The highest BCUT2D eigenvalue weighted by atomic mass is 35.5. The van der Waals surface area contributed by atoms with Crippen molar-refractivity contribution in [3.63, 3.8) is 0 Å². The highest BCUT2D eigenvalue weighted by Crippen LogP contribution is 2.29. The van der Waals surface area contributed by atoms with E-state index < -0.39 is 22.6 Å². The molecule has 8 nitrogen and oxygen atoms in total. The molecule has 0 unspecified atom stereocenters. The number of amides is 1. The van der Waals surface area contributed by atoms with E-state index in [1.807, 2.05) is 0 Å². The van der Waals surface area contributed by atoms with Crippen LogP contribution in [-0.4, -0.2) is 63.6 Å². The molecule has 1 aliphatic heterocycles. The van der Waals surface area contributed by atoms with Gasteiger partial charge < -0.3 is 14.8 Å². The Labute approximate surface area is 188 Å². The number of esters is 1. The second kappa shape index (κ2) is 10.3. The summed E-state index contributed by atoms with van der Waals surface area (Å²) >= 11 is 6.11. The molecule has 31 heavy (non-hydrogen) atoms. The second-order valence-corrected chi connectivity index (χ2v) is 10.5. The van der Waals surface area contributed by atoms with Gasteiger partial charge in [0.1, 0.15) is 4.90 Å². The van der Waals surface area contributed by atoms with Crippen LogP contribution in [-0.2, 0) is 24.3 Å². The Kier molecular flexibility index (Phi) is 7.96. The first-order valence-corrected chi connectivity index (χ1v) is 12.4. The highest BCUT2D eigenvalue weighted by Gasteiger charge is 2.30. The summed E-state index contributed by atoms with van der Waals surface area (Å²) in [6.45, 7) is 4.89. The molecule has 3 rings (SSSR count). The molecule has 3 atom stereocenters. The van der Waals surface area contributed by atoms with Gasteiger partial charge in [-0.2, -0.15) is 4.31 Å². The van der Waals surface area contributed by atoms with E-state index in [1.165, 1.54) is 22.5 Å². The Hall–Kier alpha value is -1.68. The first kappa shape index (κ1) is 24.0. The maximum atomic E-state index is 12.9. The highest BCUT2D eigenvalue weighted by molar-refractivity contribution is 7.89. The lowest BCUT2D eigenvalue weighted by Gasteiger charge is -2.34. The van der Waals surface area contributed by atoms with E-state index in [9.17, 15) is 18.0 Å². The van der Waals surface area contributed by atoms with Crippen LogP contribution in [0.15, 0.2) is 23.1 Å². The minimum atomic E-state index is -3.88. The number of hydrogen-bond donors (Lipinski definition) is 1. The third-order valence-electron chi connectivity index (χ3n) is 6.14. The molecule has 172 valence electrons. The Balaban J connectivity index is 1.63. The molecule has 1 heterocycles. The lowest BCUT2D eigenvalue weighted by molar-refractivity contribution is -0.125. The average Bonchev–Trinajstić information content (AvgIpc) is 2.76. The van der Waals surface area contributed by atoms with Crippen molar-refractivity contribution >= 4 is 33.5 Å². The smallest absolute Gasteiger partial charge is 0.338 e. The number of benzene rings is 1. The van der Waals surface area contributed by atoms with Crippen molar-refractivity contribution in [2.75, 3.05) is 32.9 Å². The molecule has 0 spiro atoms. The topological polar surface area (TPSA) is 102 Å². The van der Waals surface area contributed by atoms with Gasteiger partial charge in [-0.15, -0.1) is 0 Å². The molecule has 1 aromatic rings. The number of nitrogens with zero attached hydrogens (tertiary/aromatic N) is 1. The molecule has 2 fully saturated rings. The van der Waals surface area contributed by atoms with Crippen LogP contribution in [0.25, 0.3) is 0 Å². The summed E-state index contributed by atoms with van der Waals surface area (Å²) in [6, 6.07) is 3.98. The zero-order valence-corrected chi connectivity index (χ0v) is 19.4. The van der Waals surface area contributed by atoms with Crippen LogP contribution in [0.3, 0.4) is 0 Å². The summed E-state index contributed by atoms with van der Waals surface area (Å²) in [7, 11) is -3.88. The van der Waals surface area contributed by atoms with E-state index in [0.29, 0.717) is 25.0 Å². The Bertz CT molecular complexity index is 916. The fourth-order valence-electron chi connectivity index (χ4n) is 4.00. The van der Waals surface area contributed by atoms with Crippen molar-refractivity contribution in [1.29, 1.82) is 0 Å². The Morgan fingerprint density at radius 3 is 2.65 bits per heavy atom. The first-order valence-electron chi connectivity index (χ1n) is 10.5. The molecule has 1 N–H and O–H groups in total. The molecule has 0 bridgehead atoms. The average molecular weight is 473 g/mol. The molecular weight excluding hydrogens is 444 g/mol. The second-order valence-electron chi connectivity index (χ2n) is 8.18. The van der Waals surface area contributed by atoms with Crippen molar-refractivity contribution < 1.29 is 27.5 Å². The van der Waals surface area contributed by atoms with Gasteiger partial charge in [0.25, 0.3) is 5.91 Å². The number of carbonyl (C=O) groups is 2. The molecule has 0 aromatic heterocycles. The number of hydrogen-bond acceptors (Lipinski definition) is 6. The van der Waals surface area contributed by atoms with E-state index >= 15 is 0 Å². The normalized spacial score (nSPS) is 25.1. The van der Waals surface area contributed by atoms with Gasteiger partial charge in [0, 0.05) is 19.1 Å². The van der Waals surface area contributed by atoms with Gasteiger partial charge in [0.15, 0.2) is 6.61 Å². The van der Waals surface area contributed by atoms with E-state index in [2.05, 4.69) is 19.2 Å². The van der Waals surface area contributed by atoms with Gasteiger partial charge in [-0.25, -0.2) is 13.2 Å². The van der Waals surface area contributed by atoms with Crippen LogP contribution in [0.4, 0.5) is 0 Å².